The molecular weight excluding hydrogens is 367 g/mol. The van der Waals surface area contributed by atoms with E-state index in [1.165, 1.54) is 17.7 Å². The molecule has 1 aromatic heterocycles. The van der Waals surface area contributed by atoms with E-state index in [2.05, 4.69) is 53.5 Å². The van der Waals surface area contributed by atoms with Gasteiger partial charge in [-0.3, -0.25) is 4.79 Å². The Morgan fingerprint density at radius 3 is 2.28 bits per heavy atom. The maximum absolute atomic E-state index is 13.0. The van der Waals surface area contributed by atoms with E-state index in [9.17, 15) is 9.18 Å². The summed E-state index contributed by atoms with van der Waals surface area (Å²) in [6.07, 6.45) is 0. The molecule has 0 spiro atoms. The molecule has 0 unspecified atom stereocenters. The summed E-state index contributed by atoms with van der Waals surface area (Å²) in [5.74, 6) is -0.260. The molecule has 0 fully saturated rings. The van der Waals surface area contributed by atoms with Gasteiger partial charge in [-0.15, -0.1) is 0 Å². The fourth-order valence-electron chi connectivity index (χ4n) is 2.80. The summed E-state index contributed by atoms with van der Waals surface area (Å²) in [4.78, 5) is 21.2. The molecule has 0 aliphatic rings. The van der Waals surface area contributed by atoms with Gasteiger partial charge in [-0.1, -0.05) is 45.0 Å². The van der Waals surface area contributed by atoms with Crippen LogP contribution in [0.1, 0.15) is 48.1 Å². The zero-order valence-corrected chi connectivity index (χ0v) is 17.1. The summed E-state index contributed by atoms with van der Waals surface area (Å²) in [5, 5.41) is 5.95. The minimum Gasteiger partial charge on any atom is -0.347 e. The number of nitrogens with zero attached hydrogens (tertiary/aromatic N) is 2. The predicted molar refractivity (Wildman–Crippen MR) is 113 cm³/mol. The van der Waals surface area contributed by atoms with Gasteiger partial charge >= 0.3 is 0 Å². The molecule has 0 atom stereocenters. The first kappa shape index (κ1) is 20.5. The topological polar surface area (TPSA) is 66.9 Å². The van der Waals surface area contributed by atoms with E-state index >= 15 is 0 Å². The highest BCUT2D eigenvalue weighted by Gasteiger charge is 2.14. The average Bonchev–Trinajstić information content (AvgIpc) is 2.66. The second kappa shape index (κ2) is 8.39. The van der Waals surface area contributed by atoms with Crippen molar-refractivity contribution in [3.63, 3.8) is 0 Å². The lowest BCUT2D eigenvalue weighted by Gasteiger charge is -2.19. The van der Waals surface area contributed by atoms with Crippen molar-refractivity contribution in [1.29, 1.82) is 0 Å². The van der Waals surface area contributed by atoms with E-state index < -0.39 is 0 Å². The third-order valence-corrected chi connectivity index (χ3v) is 4.46. The summed E-state index contributed by atoms with van der Waals surface area (Å²) >= 11 is 0. The zero-order chi connectivity index (χ0) is 21.0. The number of aryl methyl sites for hydroxylation is 1. The van der Waals surface area contributed by atoms with Crippen molar-refractivity contribution in [1.82, 2.24) is 15.3 Å². The van der Waals surface area contributed by atoms with Gasteiger partial charge in [0, 0.05) is 17.9 Å². The molecule has 5 nitrogen and oxygen atoms in total. The van der Waals surface area contributed by atoms with Gasteiger partial charge < -0.3 is 10.6 Å². The lowest BCUT2D eigenvalue weighted by Crippen LogP contribution is -2.24. The van der Waals surface area contributed by atoms with Crippen LogP contribution in [0.5, 0.6) is 0 Å². The Hall–Kier alpha value is -3.28. The van der Waals surface area contributed by atoms with Crippen molar-refractivity contribution in [2.24, 2.45) is 0 Å². The summed E-state index contributed by atoms with van der Waals surface area (Å²) in [6.45, 7) is 8.59. The van der Waals surface area contributed by atoms with Crippen LogP contribution in [0.3, 0.4) is 0 Å². The van der Waals surface area contributed by atoms with Gasteiger partial charge in [-0.25, -0.2) is 14.4 Å². The standard InChI is InChI=1S/C23H25FN4O/c1-15-13-20(21(29)25-14-16-5-9-18(24)10-6-16)28-22(26-15)27-19-11-7-17(8-12-19)23(2,3)4/h5-13H,14H2,1-4H3,(H,25,29)(H,26,27,28). The molecule has 0 bridgehead atoms. The number of halogens is 1. The first-order chi connectivity index (χ1) is 13.7. The molecule has 0 saturated heterocycles. The number of carbonyl (C=O) groups is 1. The van der Waals surface area contributed by atoms with Crippen molar-refractivity contribution in [3.8, 4) is 0 Å². The SMILES string of the molecule is Cc1cc(C(=O)NCc2ccc(F)cc2)nc(Nc2ccc(C(C)(C)C)cc2)n1. The fourth-order valence-corrected chi connectivity index (χ4v) is 2.80. The number of benzene rings is 2. The number of anilines is 2. The lowest BCUT2D eigenvalue weighted by molar-refractivity contribution is 0.0945. The highest BCUT2D eigenvalue weighted by molar-refractivity contribution is 5.92. The minimum absolute atomic E-state index is 0.0775. The van der Waals surface area contributed by atoms with Crippen LogP contribution in [0.25, 0.3) is 0 Å². The molecular formula is C23H25FN4O. The van der Waals surface area contributed by atoms with Crippen molar-refractivity contribution < 1.29 is 9.18 Å². The van der Waals surface area contributed by atoms with Crippen LogP contribution in [0.15, 0.2) is 54.6 Å². The molecule has 1 heterocycles. The van der Waals surface area contributed by atoms with Crippen LogP contribution in [-0.4, -0.2) is 15.9 Å². The van der Waals surface area contributed by atoms with E-state index in [0.717, 1.165) is 11.3 Å². The summed E-state index contributed by atoms with van der Waals surface area (Å²) in [7, 11) is 0. The van der Waals surface area contributed by atoms with Crippen LogP contribution in [0.4, 0.5) is 16.0 Å². The van der Waals surface area contributed by atoms with Gasteiger partial charge in [-0.05, 0) is 53.8 Å². The van der Waals surface area contributed by atoms with Gasteiger partial charge in [0.2, 0.25) is 5.95 Å². The molecule has 0 aliphatic carbocycles. The van der Waals surface area contributed by atoms with Crippen molar-refractivity contribution >= 4 is 17.5 Å². The van der Waals surface area contributed by atoms with Crippen LogP contribution in [0, 0.1) is 12.7 Å². The predicted octanol–water partition coefficient (Wildman–Crippen LogP) is 4.90. The molecule has 2 N–H and O–H groups in total. The largest absolute Gasteiger partial charge is 0.347 e. The Morgan fingerprint density at radius 2 is 1.66 bits per heavy atom. The van der Waals surface area contributed by atoms with Crippen LogP contribution in [-0.2, 0) is 12.0 Å². The number of amides is 1. The second-order valence-corrected chi connectivity index (χ2v) is 7.98. The van der Waals surface area contributed by atoms with Gasteiger partial charge in [0.1, 0.15) is 11.5 Å². The fraction of sp³-hybridized carbons (Fsp3) is 0.261. The van der Waals surface area contributed by atoms with Crippen LogP contribution < -0.4 is 10.6 Å². The smallest absolute Gasteiger partial charge is 0.270 e. The Kier molecular flexibility index (Phi) is 5.92. The van der Waals surface area contributed by atoms with E-state index in [1.807, 2.05) is 19.1 Å². The van der Waals surface area contributed by atoms with Gasteiger partial charge in [0.25, 0.3) is 5.91 Å². The highest BCUT2D eigenvalue weighted by atomic mass is 19.1. The molecule has 29 heavy (non-hydrogen) atoms. The van der Waals surface area contributed by atoms with Crippen molar-refractivity contribution in [2.45, 2.75) is 39.7 Å². The quantitative estimate of drug-likeness (QED) is 0.648. The average molecular weight is 392 g/mol. The molecule has 3 aromatic rings. The first-order valence-electron chi connectivity index (χ1n) is 9.46. The zero-order valence-electron chi connectivity index (χ0n) is 17.1. The van der Waals surface area contributed by atoms with E-state index in [-0.39, 0.29) is 22.8 Å². The summed E-state index contributed by atoms with van der Waals surface area (Å²) in [6, 6.07) is 15.7. The Bertz CT molecular complexity index is 993. The van der Waals surface area contributed by atoms with Gasteiger partial charge in [-0.2, -0.15) is 0 Å². The maximum Gasteiger partial charge on any atom is 0.270 e. The van der Waals surface area contributed by atoms with Crippen LogP contribution in [0.2, 0.25) is 0 Å². The number of carbonyl (C=O) groups excluding carboxylic acids is 1. The lowest BCUT2D eigenvalue weighted by atomic mass is 9.87. The molecule has 150 valence electrons. The number of nitrogens with one attached hydrogen (secondary N) is 2. The highest BCUT2D eigenvalue weighted by Crippen LogP contribution is 2.24. The summed E-state index contributed by atoms with van der Waals surface area (Å²) in [5.41, 5.74) is 3.92. The third-order valence-electron chi connectivity index (χ3n) is 4.46. The number of hydrogen-bond donors (Lipinski definition) is 2. The Balaban J connectivity index is 1.70. The normalized spacial score (nSPS) is 11.2. The molecule has 2 aromatic carbocycles. The molecule has 0 radical (unpaired) electrons. The number of hydrogen-bond acceptors (Lipinski definition) is 4. The Labute approximate surface area is 170 Å². The number of aromatic nitrogens is 2. The van der Waals surface area contributed by atoms with Crippen molar-refractivity contribution in [3.05, 3.63) is 82.9 Å². The molecule has 0 saturated carbocycles. The second-order valence-electron chi connectivity index (χ2n) is 7.98. The van der Waals surface area contributed by atoms with Gasteiger partial charge in [0.05, 0.1) is 0 Å². The number of rotatable bonds is 5. The van der Waals surface area contributed by atoms with Crippen LogP contribution >= 0.6 is 0 Å². The molecule has 6 heteroatoms. The maximum atomic E-state index is 13.0. The van der Waals surface area contributed by atoms with Crippen molar-refractivity contribution in [2.75, 3.05) is 5.32 Å². The first-order valence-corrected chi connectivity index (χ1v) is 9.46. The minimum atomic E-state index is -0.314. The third kappa shape index (κ3) is 5.60. The molecule has 1 amide bonds. The van der Waals surface area contributed by atoms with E-state index in [4.69, 9.17) is 0 Å². The van der Waals surface area contributed by atoms with Gasteiger partial charge in [0.15, 0.2) is 0 Å². The van der Waals surface area contributed by atoms with E-state index in [0.29, 0.717) is 18.2 Å². The van der Waals surface area contributed by atoms with E-state index in [1.54, 1.807) is 18.2 Å². The summed E-state index contributed by atoms with van der Waals surface area (Å²) < 4.78 is 13.0. The molecule has 0 aliphatic heterocycles. The Morgan fingerprint density at radius 1 is 1.00 bits per heavy atom. The monoisotopic (exact) mass is 392 g/mol. The molecule has 3 rings (SSSR count).